The fraction of sp³-hybridized carbons (Fsp3) is 0.435. The van der Waals surface area contributed by atoms with E-state index in [0.717, 1.165) is 42.1 Å². The molecule has 1 aromatic carbocycles. The first-order valence-corrected chi connectivity index (χ1v) is 11.6. The average Bonchev–Trinajstić information content (AvgIpc) is 3.10. The lowest BCUT2D eigenvalue weighted by molar-refractivity contribution is -0.142. The number of thiophene rings is 1. The van der Waals surface area contributed by atoms with Crippen molar-refractivity contribution >= 4 is 47.0 Å². The van der Waals surface area contributed by atoms with Crippen LogP contribution in [0.15, 0.2) is 40.1 Å². The van der Waals surface area contributed by atoms with Crippen LogP contribution < -0.4 is 4.74 Å². The maximum Gasteiger partial charge on any atom is 0.321 e. The number of methoxy groups -OCH3 is 1. The maximum atomic E-state index is 12.2. The zero-order valence-electron chi connectivity index (χ0n) is 17.8. The smallest absolute Gasteiger partial charge is 0.321 e. The number of hydrogen-bond acceptors (Lipinski definition) is 6. The van der Waals surface area contributed by atoms with Gasteiger partial charge in [0.05, 0.1) is 7.11 Å². The molecule has 7 heteroatoms. The molecule has 0 unspecified atom stereocenters. The molecule has 2 aliphatic rings. The lowest BCUT2D eigenvalue weighted by Crippen LogP contribution is -2.28. The minimum atomic E-state index is -0.649. The van der Waals surface area contributed by atoms with Crippen LogP contribution >= 0.6 is 35.5 Å². The molecule has 4 rings (SSSR count). The molecule has 30 heavy (non-hydrogen) atoms. The second kappa shape index (κ2) is 9.35. The molecule has 0 bridgehead atoms. The Labute approximate surface area is 193 Å². The largest absolute Gasteiger partial charge is 0.488 e. The Bertz CT molecular complexity index is 957. The molecular formula is C23H28ClNO3S2. The van der Waals surface area contributed by atoms with Crippen LogP contribution in [-0.2, 0) is 16.1 Å². The van der Waals surface area contributed by atoms with Crippen LogP contribution in [0.4, 0.5) is 0 Å². The molecule has 1 aromatic heterocycles. The van der Waals surface area contributed by atoms with Crippen molar-refractivity contribution in [3.05, 3.63) is 51.2 Å². The number of nitrogens with zero attached hydrogens (tertiary/aromatic N) is 1. The second-order valence-corrected chi connectivity index (χ2v) is 10.7. The van der Waals surface area contributed by atoms with Crippen molar-refractivity contribution in [1.29, 1.82) is 0 Å². The first kappa shape index (κ1) is 23.2. The number of esters is 1. The molecule has 1 saturated heterocycles. The number of ether oxygens (including phenoxy) is 2. The number of piperidine rings is 1. The molecule has 0 saturated carbocycles. The molecule has 0 radical (unpaired) electrons. The highest BCUT2D eigenvalue weighted by Gasteiger charge is 2.31. The molecule has 3 heterocycles. The van der Waals surface area contributed by atoms with Crippen molar-refractivity contribution in [2.45, 2.75) is 42.9 Å². The number of hydrogen-bond donors (Lipinski definition) is 0. The minimum absolute atomic E-state index is 0. The summed E-state index contributed by atoms with van der Waals surface area (Å²) in [7, 11) is 3.63. The number of likely N-dealkylation sites (tertiary alicyclic amines) is 1. The van der Waals surface area contributed by atoms with Gasteiger partial charge in [0.2, 0.25) is 0 Å². The Morgan fingerprint density at radius 2 is 1.97 bits per heavy atom. The second-order valence-electron chi connectivity index (χ2n) is 8.11. The molecule has 0 spiro atoms. The van der Waals surface area contributed by atoms with Gasteiger partial charge < -0.3 is 14.4 Å². The fourth-order valence-electron chi connectivity index (χ4n) is 3.91. The van der Waals surface area contributed by atoms with E-state index in [0.29, 0.717) is 6.61 Å². The van der Waals surface area contributed by atoms with Crippen molar-refractivity contribution in [3.8, 4) is 5.75 Å². The summed E-state index contributed by atoms with van der Waals surface area (Å²) < 4.78 is 10.5. The predicted molar refractivity (Wildman–Crippen MR) is 127 cm³/mol. The predicted octanol–water partition coefficient (Wildman–Crippen LogP) is 5.63. The van der Waals surface area contributed by atoms with Crippen LogP contribution in [0, 0.1) is 0 Å². The molecule has 4 nitrogen and oxygen atoms in total. The molecule has 0 N–H and O–H groups in total. The number of carbonyl (C=O) groups is 1. The quantitative estimate of drug-likeness (QED) is 0.433. The van der Waals surface area contributed by atoms with Gasteiger partial charge >= 0.3 is 5.97 Å². The highest BCUT2D eigenvalue weighted by atomic mass is 35.5. The van der Waals surface area contributed by atoms with Gasteiger partial charge in [0.1, 0.15) is 17.1 Å². The van der Waals surface area contributed by atoms with Crippen LogP contribution in [0.2, 0.25) is 0 Å². The van der Waals surface area contributed by atoms with E-state index < -0.39 is 4.75 Å². The van der Waals surface area contributed by atoms with Gasteiger partial charge in [-0.25, -0.2) is 0 Å². The van der Waals surface area contributed by atoms with E-state index in [9.17, 15) is 4.79 Å². The van der Waals surface area contributed by atoms with E-state index in [-0.39, 0.29) is 18.4 Å². The molecule has 2 aliphatic heterocycles. The summed E-state index contributed by atoms with van der Waals surface area (Å²) in [6.07, 6.45) is 2.15. The van der Waals surface area contributed by atoms with Crippen molar-refractivity contribution in [2.24, 2.45) is 0 Å². The third-order valence-electron chi connectivity index (χ3n) is 5.57. The van der Waals surface area contributed by atoms with E-state index in [1.807, 2.05) is 19.9 Å². The summed E-state index contributed by atoms with van der Waals surface area (Å²) in [5.41, 5.74) is 5.26. The van der Waals surface area contributed by atoms with Gasteiger partial charge in [0.25, 0.3) is 0 Å². The third kappa shape index (κ3) is 4.57. The molecule has 1 fully saturated rings. The standard InChI is InChI=1S/C23H27NO3S2.ClH/c1-23(2,22(25)26-4)29-17-5-6-19-18(13-17)20(15-7-10-24(3)11-8-15)21-16(14-27-19)9-12-28-21;/h5-6,9,12-13H,7-8,10-11,14H2,1-4H3;1H. The van der Waals surface area contributed by atoms with Gasteiger partial charge in [-0.1, -0.05) is 5.57 Å². The Kier molecular flexibility index (Phi) is 7.23. The lowest BCUT2D eigenvalue weighted by atomic mass is 9.91. The molecule has 2 aromatic rings. The van der Waals surface area contributed by atoms with Gasteiger partial charge in [-0.05, 0) is 63.4 Å². The lowest BCUT2D eigenvalue weighted by Gasteiger charge is -2.27. The van der Waals surface area contributed by atoms with E-state index in [1.165, 1.54) is 40.5 Å². The Hall–Kier alpha value is -1.47. The highest BCUT2D eigenvalue weighted by molar-refractivity contribution is 8.01. The summed E-state index contributed by atoms with van der Waals surface area (Å²) in [4.78, 5) is 16.9. The Balaban J connectivity index is 0.00000256. The van der Waals surface area contributed by atoms with Crippen LogP contribution in [0.5, 0.6) is 5.75 Å². The van der Waals surface area contributed by atoms with Crippen molar-refractivity contribution in [3.63, 3.8) is 0 Å². The third-order valence-corrected chi connectivity index (χ3v) is 7.71. The molecule has 162 valence electrons. The topological polar surface area (TPSA) is 38.8 Å². The van der Waals surface area contributed by atoms with E-state index in [4.69, 9.17) is 9.47 Å². The van der Waals surface area contributed by atoms with Crippen LogP contribution in [0.1, 0.15) is 42.7 Å². The SMILES string of the molecule is COC(=O)C(C)(C)Sc1ccc2c(c1)C(=C1CCN(C)CC1)c1sccc1CO2.Cl. The fourth-order valence-corrected chi connectivity index (χ4v) is 6.00. The number of fused-ring (bicyclic) bond motifs is 2. The molecule has 0 aliphatic carbocycles. The highest BCUT2D eigenvalue weighted by Crippen LogP contribution is 2.45. The number of halogens is 1. The van der Waals surface area contributed by atoms with Crippen molar-refractivity contribution < 1.29 is 14.3 Å². The summed E-state index contributed by atoms with van der Waals surface area (Å²) >= 11 is 3.33. The zero-order chi connectivity index (χ0) is 20.6. The Morgan fingerprint density at radius 3 is 2.67 bits per heavy atom. The maximum absolute atomic E-state index is 12.2. The van der Waals surface area contributed by atoms with E-state index in [1.54, 1.807) is 11.3 Å². The van der Waals surface area contributed by atoms with Crippen molar-refractivity contribution in [2.75, 3.05) is 27.2 Å². The monoisotopic (exact) mass is 465 g/mol. The van der Waals surface area contributed by atoms with Crippen LogP contribution in [0.3, 0.4) is 0 Å². The van der Waals surface area contributed by atoms with Gasteiger partial charge in [-0.2, -0.15) is 0 Å². The zero-order valence-corrected chi connectivity index (χ0v) is 20.3. The van der Waals surface area contributed by atoms with Crippen LogP contribution in [-0.4, -0.2) is 42.9 Å². The summed E-state index contributed by atoms with van der Waals surface area (Å²) in [5, 5.41) is 2.16. The number of thioether (sulfide) groups is 1. The summed E-state index contributed by atoms with van der Waals surface area (Å²) in [5.74, 6) is 0.707. The van der Waals surface area contributed by atoms with Gasteiger partial charge in [-0.3, -0.25) is 4.79 Å². The summed E-state index contributed by atoms with van der Waals surface area (Å²) in [6, 6.07) is 8.47. The van der Waals surface area contributed by atoms with Crippen molar-refractivity contribution in [1.82, 2.24) is 4.90 Å². The van der Waals surface area contributed by atoms with Gasteiger partial charge in [0.15, 0.2) is 0 Å². The number of benzene rings is 1. The molecule has 0 atom stereocenters. The average molecular weight is 466 g/mol. The summed E-state index contributed by atoms with van der Waals surface area (Å²) in [6.45, 7) is 6.57. The van der Waals surface area contributed by atoms with Gasteiger partial charge in [-0.15, -0.1) is 35.5 Å². The normalized spacial score (nSPS) is 16.7. The number of carbonyl (C=O) groups excluding carboxylic acids is 1. The molecular weight excluding hydrogens is 438 g/mol. The van der Waals surface area contributed by atoms with Crippen LogP contribution in [0.25, 0.3) is 5.57 Å². The number of rotatable bonds is 3. The first-order chi connectivity index (χ1) is 13.9. The Morgan fingerprint density at radius 1 is 1.23 bits per heavy atom. The van der Waals surface area contributed by atoms with Gasteiger partial charge in [0, 0.05) is 39.6 Å². The van der Waals surface area contributed by atoms with E-state index in [2.05, 4.69) is 35.5 Å². The molecule has 0 amide bonds. The minimum Gasteiger partial charge on any atom is -0.488 e. The van der Waals surface area contributed by atoms with E-state index >= 15 is 0 Å². The first-order valence-electron chi connectivity index (χ1n) is 9.91.